The largest absolute Gasteiger partial charge is 0.280 e. The van der Waals surface area contributed by atoms with E-state index in [1.54, 1.807) is 0 Å². The van der Waals surface area contributed by atoms with Gasteiger partial charge >= 0.3 is 0 Å². The van der Waals surface area contributed by atoms with Crippen LogP contribution in [0.1, 0.15) is 76.2 Å². The lowest BCUT2D eigenvalue weighted by atomic mass is 10.5. The molecule has 1 nitrogen and oxygen atoms in total. The summed E-state index contributed by atoms with van der Waals surface area (Å²) in [6.07, 6.45) is 0. The molecule has 0 N–H and O–H groups in total. The molecule has 0 saturated heterocycles. The van der Waals surface area contributed by atoms with Crippen molar-refractivity contribution in [2.45, 2.75) is 81.5 Å². The first-order valence-corrected chi connectivity index (χ1v) is 7.29. The Morgan fingerprint density at radius 2 is 0.812 bits per heavy atom. The van der Waals surface area contributed by atoms with Crippen molar-refractivity contribution in [2.75, 3.05) is 0 Å². The first-order valence-electron chi connectivity index (χ1n) is 6.48. The highest BCUT2D eigenvalue weighted by molar-refractivity contribution is 6.69. The predicted octanol–water partition coefficient (Wildman–Crippen LogP) is 6.51. The molecule has 0 saturated carbocycles. The SMILES string of the molecule is CC.CC.CC.CC.CC.CC(Cl)C(=O)Cl. The quantitative estimate of drug-likeness (QED) is 0.394. The molecular weight excluding hydrogens is 243 g/mol. The van der Waals surface area contributed by atoms with Crippen LogP contribution in [0.5, 0.6) is 0 Å². The average molecular weight is 277 g/mol. The summed E-state index contributed by atoms with van der Waals surface area (Å²) >= 11 is 9.97. The molecule has 0 aromatic carbocycles. The van der Waals surface area contributed by atoms with Crippen molar-refractivity contribution in [3.05, 3.63) is 0 Å². The van der Waals surface area contributed by atoms with Crippen LogP contribution in [-0.2, 0) is 4.79 Å². The first-order chi connectivity index (χ1) is 7.64. The molecule has 1 unspecified atom stereocenters. The van der Waals surface area contributed by atoms with E-state index in [2.05, 4.69) is 0 Å². The predicted molar refractivity (Wildman–Crippen MR) is 82.9 cm³/mol. The molecule has 106 valence electrons. The molecule has 0 aromatic rings. The normalized spacial score (nSPS) is 7.06. The highest BCUT2D eigenvalue weighted by Gasteiger charge is 2.01. The van der Waals surface area contributed by atoms with Gasteiger partial charge in [-0.15, -0.1) is 11.6 Å². The Morgan fingerprint density at radius 3 is 0.812 bits per heavy atom. The molecule has 0 amide bonds. The minimum Gasteiger partial charge on any atom is -0.280 e. The van der Waals surface area contributed by atoms with E-state index in [-0.39, 0.29) is 0 Å². The van der Waals surface area contributed by atoms with E-state index in [4.69, 9.17) is 23.2 Å². The highest BCUT2D eigenvalue weighted by Crippen LogP contribution is 1.96. The molecule has 0 aliphatic heterocycles. The molecule has 0 aliphatic carbocycles. The molecule has 0 spiro atoms. The molecule has 0 radical (unpaired) electrons. The van der Waals surface area contributed by atoms with Gasteiger partial charge in [-0.2, -0.15) is 0 Å². The first kappa shape index (κ1) is 36.0. The standard InChI is InChI=1S/C3H4Cl2O.5C2H6/c1-2(4)3(5)6;5*1-2/h2H,1H3;5*1-2H3. The summed E-state index contributed by atoms with van der Waals surface area (Å²) < 4.78 is 0. The molecule has 0 aromatic heterocycles. The topological polar surface area (TPSA) is 17.1 Å². The summed E-state index contributed by atoms with van der Waals surface area (Å²) in [6, 6.07) is 0. The summed E-state index contributed by atoms with van der Waals surface area (Å²) in [6.45, 7) is 21.5. The number of halogens is 2. The summed E-state index contributed by atoms with van der Waals surface area (Å²) in [5.41, 5.74) is 0. The van der Waals surface area contributed by atoms with E-state index in [0.29, 0.717) is 0 Å². The second kappa shape index (κ2) is 79.3. The van der Waals surface area contributed by atoms with Gasteiger partial charge in [-0.25, -0.2) is 0 Å². The molecule has 0 rings (SSSR count). The molecule has 0 heterocycles. The van der Waals surface area contributed by atoms with Crippen LogP contribution in [0.15, 0.2) is 0 Å². The van der Waals surface area contributed by atoms with Crippen LogP contribution in [0.2, 0.25) is 0 Å². The maximum absolute atomic E-state index is 9.78. The Labute approximate surface area is 115 Å². The van der Waals surface area contributed by atoms with Crippen LogP contribution in [0.25, 0.3) is 0 Å². The van der Waals surface area contributed by atoms with Crippen LogP contribution in [0, 0.1) is 0 Å². The van der Waals surface area contributed by atoms with Gasteiger partial charge in [0, 0.05) is 0 Å². The lowest BCUT2D eigenvalue weighted by Gasteiger charge is -1.85. The number of alkyl halides is 1. The molecule has 0 aliphatic rings. The van der Waals surface area contributed by atoms with Gasteiger partial charge in [-0.05, 0) is 18.5 Å². The van der Waals surface area contributed by atoms with Crippen molar-refractivity contribution < 1.29 is 4.79 Å². The van der Waals surface area contributed by atoms with E-state index in [9.17, 15) is 4.79 Å². The third-order valence-corrected chi connectivity index (χ3v) is 0.950. The van der Waals surface area contributed by atoms with Crippen molar-refractivity contribution in [1.29, 1.82) is 0 Å². The zero-order valence-corrected chi connectivity index (χ0v) is 14.8. The molecule has 1 atom stereocenters. The third-order valence-electron chi connectivity index (χ3n) is 0.313. The van der Waals surface area contributed by atoms with Crippen LogP contribution < -0.4 is 0 Å². The monoisotopic (exact) mass is 276 g/mol. The summed E-state index contributed by atoms with van der Waals surface area (Å²) in [7, 11) is 0. The van der Waals surface area contributed by atoms with Gasteiger partial charge in [0.2, 0.25) is 5.24 Å². The fraction of sp³-hybridized carbons (Fsp3) is 0.923. The second-order valence-corrected chi connectivity index (χ2v) is 1.95. The van der Waals surface area contributed by atoms with Crippen molar-refractivity contribution in [3.63, 3.8) is 0 Å². The van der Waals surface area contributed by atoms with Gasteiger partial charge in [0.15, 0.2) is 0 Å². The lowest BCUT2D eigenvalue weighted by Crippen LogP contribution is -1.99. The summed E-state index contributed by atoms with van der Waals surface area (Å²) in [5, 5.41) is -1.05. The van der Waals surface area contributed by atoms with Gasteiger partial charge in [0.05, 0.1) is 0 Å². The number of hydrogen-bond donors (Lipinski definition) is 0. The van der Waals surface area contributed by atoms with Crippen molar-refractivity contribution >= 4 is 28.4 Å². The highest BCUT2D eigenvalue weighted by atomic mass is 35.5. The van der Waals surface area contributed by atoms with Crippen LogP contribution in [0.4, 0.5) is 0 Å². The zero-order chi connectivity index (χ0) is 15.2. The van der Waals surface area contributed by atoms with Gasteiger partial charge in [0.1, 0.15) is 5.38 Å². The second-order valence-electron chi connectivity index (χ2n) is 0.920. The summed E-state index contributed by atoms with van der Waals surface area (Å²) in [4.78, 5) is 9.78. The minimum absolute atomic E-state index is 0.503. The van der Waals surface area contributed by atoms with Crippen molar-refractivity contribution in [2.24, 2.45) is 0 Å². The zero-order valence-electron chi connectivity index (χ0n) is 13.2. The molecule has 0 bridgehead atoms. The van der Waals surface area contributed by atoms with Gasteiger partial charge in [-0.1, -0.05) is 69.2 Å². The van der Waals surface area contributed by atoms with Crippen LogP contribution in [-0.4, -0.2) is 10.6 Å². The fourth-order valence-electron chi connectivity index (χ4n) is 0. The number of carbonyl (C=O) groups is 1. The Balaban J connectivity index is -0.0000000214. The summed E-state index contributed by atoms with van der Waals surface area (Å²) in [5.74, 6) is 0. The van der Waals surface area contributed by atoms with Crippen LogP contribution in [0.3, 0.4) is 0 Å². The van der Waals surface area contributed by atoms with E-state index >= 15 is 0 Å². The Morgan fingerprint density at radius 1 is 0.750 bits per heavy atom. The van der Waals surface area contributed by atoms with E-state index in [1.165, 1.54) is 6.92 Å². The molecule has 3 heteroatoms. The molecule has 16 heavy (non-hydrogen) atoms. The smallest absolute Gasteiger partial charge is 0.239 e. The van der Waals surface area contributed by atoms with Gasteiger partial charge in [-0.3, -0.25) is 4.79 Å². The Hall–Kier alpha value is 0.250. The van der Waals surface area contributed by atoms with Gasteiger partial charge in [0.25, 0.3) is 0 Å². The number of hydrogen-bond acceptors (Lipinski definition) is 1. The molecular formula is C13H34Cl2O. The van der Waals surface area contributed by atoms with Crippen LogP contribution >= 0.6 is 23.2 Å². The maximum Gasteiger partial charge on any atom is 0.239 e. The third kappa shape index (κ3) is 139. The van der Waals surface area contributed by atoms with Crippen molar-refractivity contribution in [3.8, 4) is 0 Å². The van der Waals surface area contributed by atoms with Gasteiger partial charge < -0.3 is 0 Å². The lowest BCUT2D eigenvalue weighted by molar-refractivity contribution is -0.111. The number of rotatable bonds is 1. The van der Waals surface area contributed by atoms with E-state index in [0.717, 1.165) is 0 Å². The Kier molecular flexibility index (Phi) is 178. The Bertz CT molecular complexity index is 65.0. The fourth-order valence-corrected chi connectivity index (χ4v) is 0. The maximum atomic E-state index is 9.78. The minimum atomic E-state index is -0.549. The molecule has 0 fully saturated rings. The van der Waals surface area contributed by atoms with E-state index in [1.807, 2.05) is 69.2 Å². The number of carbonyl (C=O) groups excluding carboxylic acids is 1. The van der Waals surface area contributed by atoms with Crippen molar-refractivity contribution in [1.82, 2.24) is 0 Å². The average Bonchev–Trinajstić information content (AvgIpc) is 2.41. The van der Waals surface area contributed by atoms with E-state index < -0.39 is 10.6 Å².